The molecule has 0 radical (unpaired) electrons. The molecule has 0 aromatic heterocycles. The Balaban J connectivity index is 2.75. The first-order valence-electron chi connectivity index (χ1n) is 5.80. The van der Waals surface area contributed by atoms with Crippen LogP contribution in [0.1, 0.15) is 24.2 Å². The van der Waals surface area contributed by atoms with Gasteiger partial charge in [-0.15, -0.1) is 0 Å². The highest BCUT2D eigenvalue weighted by Crippen LogP contribution is 2.21. The molecule has 100 valence electrons. The van der Waals surface area contributed by atoms with Crippen LogP contribution in [0.3, 0.4) is 0 Å². The highest BCUT2D eigenvalue weighted by molar-refractivity contribution is 5.95. The molecule has 0 aliphatic heterocycles. The number of nitrogen functional groups attached to an aromatic ring is 1. The van der Waals surface area contributed by atoms with Gasteiger partial charge >= 0.3 is 5.97 Å². The second-order valence-corrected chi connectivity index (χ2v) is 3.83. The van der Waals surface area contributed by atoms with Crippen molar-refractivity contribution >= 4 is 11.7 Å². The van der Waals surface area contributed by atoms with Crippen molar-refractivity contribution in [2.24, 2.45) is 0 Å². The first kappa shape index (κ1) is 14.3. The Morgan fingerprint density at radius 3 is 2.78 bits per heavy atom. The molecule has 0 aliphatic carbocycles. The van der Waals surface area contributed by atoms with Gasteiger partial charge in [-0.2, -0.15) is 0 Å². The lowest BCUT2D eigenvalue weighted by molar-refractivity contribution is 0.0595. The fourth-order valence-electron chi connectivity index (χ4n) is 1.45. The van der Waals surface area contributed by atoms with Crippen molar-refractivity contribution in [3.05, 3.63) is 23.8 Å². The zero-order valence-corrected chi connectivity index (χ0v) is 10.9. The van der Waals surface area contributed by atoms with Crippen LogP contribution in [0.15, 0.2) is 18.2 Å². The fourth-order valence-corrected chi connectivity index (χ4v) is 1.45. The summed E-state index contributed by atoms with van der Waals surface area (Å²) in [4.78, 5) is 11.5. The van der Waals surface area contributed by atoms with Crippen LogP contribution in [0.5, 0.6) is 5.75 Å². The number of anilines is 1. The minimum atomic E-state index is -0.476. The molecule has 0 amide bonds. The maximum absolute atomic E-state index is 11.5. The van der Waals surface area contributed by atoms with E-state index >= 15 is 0 Å². The molecule has 0 heterocycles. The summed E-state index contributed by atoms with van der Waals surface area (Å²) in [5.41, 5.74) is 6.37. The number of esters is 1. The number of carbonyl (C=O) groups is 1. The normalized spacial score (nSPS) is 11.9. The number of ether oxygens (including phenoxy) is 3. The third-order valence-electron chi connectivity index (χ3n) is 2.32. The van der Waals surface area contributed by atoms with Crippen LogP contribution in [-0.4, -0.2) is 32.4 Å². The minimum absolute atomic E-state index is 0.0981. The van der Waals surface area contributed by atoms with Gasteiger partial charge in [-0.25, -0.2) is 4.79 Å². The second kappa shape index (κ2) is 6.86. The van der Waals surface area contributed by atoms with E-state index in [1.807, 2.05) is 13.8 Å². The number of hydrogen-bond donors (Lipinski definition) is 1. The quantitative estimate of drug-likeness (QED) is 0.619. The van der Waals surface area contributed by atoms with E-state index in [0.29, 0.717) is 30.2 Å². The number of rotatable bonds is 6. The van der Waals surface area contributed by atoms with Crippen LogP contribution in [0.25, 0.3) is 0 Å². The smallest absolute Gasteiger partial charge is 0.340 e. The molecule has 5 nitrogen and oxygen atoms in total. The van der Waals surface area contributed by atoms with E-state index < -0.39 is 5.97 Å². The second-order valence-electron chi connectivity index (χ2n) is 3.83. The van der Waals surface area contributed by atoms with Gasteiger partial charge in [0.25, 0.3) is 0 Å². The summed E-state index contributed by atoms with van der Waals surface area (Å²) in [6.45, 7) is 4.95. The van der Waals surface area contributed by atoms with Crippen LogP contribution in [0.2, 0.25) is 0 Å². The molecule has 0 saturated carbocycles. The Morgan fingerprint density at radius 1 is 1.44 bits per heavy atom. The van der Waals surface area contributed by atoms with Crippen LogP contribution in [0, 0.1) is 0 Å². The maximum atomic E-state index is 11.5. The Bertz CT molecular complexity index is 406. The predicted octanol–water partition coefficient (Wildman–Crippen LogP) is 1.86. The van der Waals surface area contributed by atoms with E-state index in [-0.39, 0.29) is 6.10 Å². The number of benzene rings is 1. The molecule has 5 heteroatoms. The van der Waals surface area contributed by atoms with E-state index in [1.54, 1.807) is 18.2 Å². The highest BCUT2D eigenvalue weighted by Gasteiger charge is 2.12. The summed E-state index contributed by atoms with van der Waals surface area (Å²) >= 11 is 0. The number of nitrogens with two attached hydrogens (primary N) is 1. The van der Waals surface area contributed by atoms with Crippen molar-refractivity contribution in [1.82, 2.24) is 0 Å². The average Bonchev–Trinajstić information content (AvgIpc) is 2.37. The van der Waals surface area contributed by atoms with E-state index in [0.717, 1.165) is 0 Å². The molecule has 1 aromatic carbocycles. The molecular formula is C13H19NO4. The van der Waals surface area contributed by atoms with Gasteiger partial charge in [-0.05, 0) is 32.0 Å². The lowest BCUT2D eigenvalue weighted by Gasteiger charge is -2.15. The minimum Gasteiger partial charge on any atom is -0.488 e. The summed E-state index contributed by atoms with van der Waals surface area (Å²) < 4.78 is 15.5. The first-order chi connectivity index (χ1) is 8.58. The third kappa shape index (κ3) is 3.92. The largest absolute Gasteiger partial charge is 0.488 e. The number of hydrogen-bond acceptors (Lipinski definition) is 5. The van der Waals surface area contributed by atoms with E-state index in [1.165, 1.54) is 7.11 Å². The molecule has 18 heavy (non-hydrogen) atoms. The molecule has 0 aliphatic rings. The Morgan fingerprint density at radius 2 is 2.17 bits per heavy atom. The Labute approximate surface area is 107 Å². The zero-order valence-electron chi connectivity index (χ0n) is 10.9. The molecular weight excluding hydrogens is 234 g/mol. The predicted molar refractivity (Wildman–Crippen MR) is 68.8 cm³/mol. The van der Waals surface area contributed by atoms with E-state index in [2.05, 4.69) is 4.74 Å². The summed E-state index contributed by atoms with van der Waals surface area (Å²) in [6, 6.07) is 4.91. The van der Waals surface area contributed by atoms with Crippen molar-refractivity contribution in [3.63, 3.8) is 0 Å². The van der Waals surface area contributed by atoms with Gasteiger partial charge in [-0.1, -0.05) is 0 Å². The van der Waals surface area contributed by atoms with Crippen LogP contribution >= 0.6 is 0 Å². The van der Waals surface area contributed by atoms with Gasteiger partial charge in [-0.3, -0.25) is 0 Å². The standard InChI is InChI=1S/C13H19NO4/c1-4-17-8-9(2)18-10-5-6-12(14)11(7-10)13(15)16-3/h5-7,9H,4,8,14H2,1-3H3. The summed E-state index contributed by atoms with van der Waals surface area (Å²) in [5, 5.41) is 0. The number of methoxy groups -OCH3 is 1. The average molecular weight is 253 g/mol. The molecule has 0 fully saturated rings. The molecule has 0 saturated heterocycles. The van der Waals surface area contributed by atoms with Crippen LogP contribution in [0.4, 0.5) is 5.69 Å². The van der Waals surface area contributed by atoms with Gasteiger partial charge in [0.2, 0.25) is 0 Å². The highest BCUT2D eigenvalue weighted by atomic mass is 16.5. The Kier molecular flexibility index (Phi) is 5.45. The van der Waals surface area contributed by atoms with Crippen molar-refractivity contribution in [2.75, 3.05) is 26.1 Å². The van der Waals surface area contributed by atoms with E-state index in [9.17, 15) is 4.79 Å². The van der Waals surface area contributed by atoms with Crippen LogP contribution < -0.4 is 10.5 Å². The summed E-state index contributed by atoms with van der Waals surface area (Å²) in [7, 11) is 1.31. The topological polar surface area (TPSA) is 70.8 Å². The molecule has 1 unspecified atom stereocenters. The summed E-state index contributed by atoms with van der Waals surface area (Å²) in [5.74, 6) is 0.0900. The van der Waals surface area contributed by atoms with Gasteiger partial charge in [0.05, 0.1) is 19.3 Å². The van der Waals surface area contributed by atoms with Crippen molar-refractivity contribution < 1.29 is 19.0 Å². The molecule has 1 aromatic rings. The van der Waals surface area contributed by atoms with Gasteiger partial charge < -0.3 is 19.9 Å². The third-order valence-corrected chi connectivity index (χ3v) is 2.32. The lowest BCUT2D eigenvalue weighted by Crippen LogP contribution is -2.19. The number of carbonyl (C=O) groups excluding carboxylic acids is 1. The Hall–Kier alpha value is -1.75. The van der Waals surface area contributed by atoms with Gasteiger partial charge in [0, 0.05) is 12.3 Å². The summed E-state index contributed by atoms with van der Waals surface area (Å²) in [6.07, 6.45) is -0.0981. The van der Waals surface area contributed by atoms with Gasteiger partial charge in [0.1, 0.15) is 11.9 Å². The molecule has 0 spiro atoms. The molecule has 1 rings (SSSR count). The molecule has 0 bridgehead atoms. The fraction of sp³-hybridized carbons (Fsp3) is 0.462. The SMILES string of the molecule is CCOCC(C)Oc1ccc(N)c(C(=O)OC)c1. The zero-order chi connectivity index (χ0) is 13.5. The monoisotopic (exact) mass is 253 g/mol. The van der Waals surface area contributed by atoms with Crippen molar-refractivity contribution in [3.8, 4) is 5.75 Å². The maximum Gasteiger partial charge on any atom is 0.340 e. The first-order valence-corrected chi connectivity index (χ1v) is 5.80. The van der Waals surface area contributed by atoms with Crippen molar-refractivity contribution in [2.45, 2.75) is 20.0 Å². The lowest BCUT2D eigenvalue weighted by atomic mass is 10.1. The molecule has 2 N–H and O–H groups in total. The van der Waals surface area contributed by atoms with Crippen LogP contribution in [-0.2, 0) is 9.47 Å². The van der Waals surface area contributed by atoms with E-state index in [4.69, 9.17) is 15.2 Å². The molecule has 1 atom stereocenters. The van der Waals surface area contributed by atoms with Crippen molar-refractivity contribution in [1.29, 1.82) is 0 Å². The van der Waals surface area contributed by atoms with Gasteiger partial charge in [0.15, 0.2) is 0 Å².